The molecule has 4 heteroatoms. The van der Waals surface area contributed by atoms with Crippen molar-refractivity contribution in [2.75, 3.05) is 26.2 Å². The lowest BCUT2D eigenvalue weighted by Crippen LogP contribution is -2.35. The molecule has 1 aromatic carbocycles. The minimum Gasteiger partial charge on any atom is -0.352 e. The van der Waals surface area contributed by atoms with E-state index >= 15 is 0 Å². The van der Waals surface area contributed by atoms with E-state index in [1.54, 1.807) is 12.1 Å². The molecule has 1 aliphatic heterocycles. The van der Waals surface area contributed by atoms with Gasteiger partial charge in [-0.1, -0.05) is 13.0 Å². The van der Waals surface area contributed by atoms with Crippen LogP contribution >= 0.6 is 0 Å². The van der Waals surface area contributed by atoms with E-state index in [2.05, 4.69) is 17.1 Å². The second-order valence-electron chi connectivity index (χ2n) is 6.12. The first-order valence-electron chi connectivity index (χ1n) is 7.83. The molecule has 1 heterocycles. The van der Waals surface area contributed by atoms with Crippen molar-refractivity contribution < 1.29 is 9.18 Å². The summed E-state index contributed by atoms with van der Waals surface area (Å²) in [4.78, 5) is 14.3. The smallest absolute Gasteiger partial charge is 0.254 e. The molecule has 0 aromatic heterocycles. The van der Waals surface area contributed by atoms with Crippen LogP contribution in [-0.2, 0) is 0 Å². The maximum atomic E-state index is 13.7. The minimum atomic E-state index is -0.447. The highest BCUT2D eigenvalue weighted by Gasteiger charge is 2.15. The van der Waals surface area contributed by atoms with E-state index in [1.807, 2.05) is 6.92 Å². The van der Waals surface area contributed by atoms with Gasteiger partial charge < -0.3 is 10.2 Å². The maximum Gasteiger partial charge on any atom is 0.254 e. The van der Waals surface area contributed by atoms with Crippen molar-refractivity contribution in [2.45, 2.75) is 33.1 Å². The maximum absolute atomic E-state index is 13.7. The van der Waals surface area contributed by atoms with Gasteiger partial charge in [0.2, 0.25) is 0 Å². The summed E-state index contributed by atoms with van der Waals surface area (Å²) >= 11 is 0. The number of amides is 1. The summed E-state index contributed by atoms with van der Waals surface area (Å²) in [7, 11) is 0. The number of carbonyl (C=O) groups is 1. The first-order valence-corrected chi connectivity index (χ1v) is 7.83. The number of likely N-dealkylation sites (tertiary alicyclic amines) is 1. The number of nitrogens with one attached hydrogen (secondary N) is 1. The summed E-state index contributed by atoms with van der Waals surface area (Å²) in [6, 6.07) is 4.70. The topological polar surface area (TPSA) is 32.3 Å². The van der Waals surface area contributed by atoms with Crippen molar-refractivity contribution in [3.05, 3.63) is 35.1 Å². The lowest BCUT2D eigenvalue weighted by molar-refractivity contribution is 0.0946. The van der Waals surface area contributed by atoms with E-state index in [0.717, 1.165) is 37.5 Å². The number of benzene rings is 1. The summed E-state index contributed by atoms with van der Waals surface area (Å²) in [6.45, 7) is 8.02. The molecule has 116 valence electrons. The molecule has 1 aliphatic rings. The van der Waals surface area contributed by atoms with E-state index in [1.165, 1.54) is 18.9 Å². The first kappa shape index (κ1) is 16.0. The molecule has 0 radical (unpaired) electrons. The van der Waals surface area contributed by atoms with E-state index in [9.17, 15) is 9.18 Å². The predicted molar refractivity (Wildman–Crippen MR) is 82.9 cm³/mol. The van der Waals surface area contributed by atoms with Gasteiger partial charge in [-0.25, -0.2) is 4.39 Å². The zero-order chi connectivity index (χ0) is 15.2. The molecule has 0 bridgehead atoms. The van der Waals surface area contributed by atoms with Crippen molar-refractivity contribution in [1.29, 1.82) is 0 Å². The van der Waals surface area contributed by atoms with Gasteiger partial charge in [0.25, 0.3) is 5.91 Å². The molecule has 1 saturated heterocycles. The molecule has 0 saturated carbocycles. The number of nitrogens with zero attached hydrogens (tertiary/aromatic N) is 1. The quantitative estimate of drug-likeness (QED) is 0.846. The Morgan fingerprint density at radius 1 is 1.38 bits per heavy atom. The lowest BCUT2D eigenvalue weighted by Gasteiger charge is -2.30. The monoisotopic (exact) mass is 292 g/mol. The standard InChI is InChI=1S/C17H25FN2O/c1-13-6-10-20(11-7-13)9-3-8-19-17(21)15-5-4-14(2)12-16(15)18/h4-5,12-13H,3,6-11H2,1-2H3,(H,19,21). The summed E-state index contributed by atoms with van der Waals surface area (Å²) in [5, 5.41) is 2.80. The molecular weight excluding hydrogens is 267 g/mol. The Balaban J connectivity index is 1.69. The molecule has 1 amide bonds. The third-order valence-corrected chi connectivity index (χ3v) is 4.18. The molecule has 1 aromatic rings. The third-order valence-electron chi connectivity index (χ3n) is 4.18. The van der Waals surface area contributed by atoms with Gasteiger partial charge in [0.1, 0.15) is 5.82 Å². The molecule has 0 aliphatic carbocycles. The summed E-state index contributed by atoms with van der Waals surface area (Å²) in [5.74, 6) is 0.0720. The molecule has 1 N–H and O–H groups in total. The largest absolute Gasteiger partial charge is 0.352 e. The van der Waals surface area contributed by atoms with E-state index in [-0.39, 0.29) is 11.5 Å². The molecule has 1 fully saturated rings. The van der Waals surface area contributed by atoms with Crippen molar-refractivity contribution in [2.24, 2.45) is 5.92 Å². The molecule has 3 nitrogen and oxygen atoms in total. The fraction of sp³-hybridized carbons (Fsp3) is 0.588. The van der Waals surface area contributed by atoms with Crippen molar-refractivity contribution in [3.8, 4) is 0 Å². The molecule has 0 atom stereocenters. The van der Waals surface area contributed by atoms with Crippen molar-refractivity contribution in [3.63, 3.8) is 0 Å². The highest BCUT2D eigenvalue weighted by atomic mass is 19.1. The van der Waals surface area contributed by atoms with Crippen LogP contribution in [0.5, 0.6) is 0 Å². The van der Waals surface area contributed by atoms with Crippen LogP contribution in [0.25, 0.3) is 0 Å². The second-order valence-corrected chi connectivity index (χ2v) is 6.12. The van der Waals surface area contributed by atoms with Gasteiger partial charge in [0.15, 0.2) is 0 Å². The molecule has 21 heavy (non-hydrogen) atoms. The highest BCUT2D eigenvalue weighted by Crippen LogP contribution is 2.15. The van der Waals surface area contributed by atoms with Crippen LogP contribution in [0.3, 0.4) is 0 Å². The number of piperidine rings is 1. The average molecular weight is 292 g/mol. The van der Waals surface area contributed by atoms with Crippen LogP contribution in [-0.4, -0.2) is 37.0 Å². The summed E-state index contributed by atoms with van der Waals surface area (Å²) in [5.41, 5.74) is 0.954. The number of hydrogen-bond acceptors (Lipinski definition) is 2. The molecule has 0 spiro atoms. The van der Waals surface area contributed by atoms with Crippen LogP contribution < -0.4 is 5.32 Å². The third kappa shape index (κ3) is 4.81. The van der Waals surface area contributed by atoms with Gasteiger partial charge in [-0.3, -0.25) is 4.79 Å². The Kier molecular flexibility index (Phi) is 5.74. The minimum absolute atomic E-state index is 0.132. The number of aryl methyl sites for hydroxylation is 1. The SMILES string of the molecule is Cc1ccc(C(=O)NCCCN2CCC(C)CC2)c(F)c1. The van der Waals surface area contributed by atoms with Gasteiger partial charge in [-0.15, -0.1) is 0 Å². The predicted octanol–water partition coefficient (Wildman–Crippen LogP) is 2.99. The van der Waals surface area contributed by atoms with Crippen LogP contribution in [0.4, 0.5) is 4.39 Å². The van der Waals surface area contributed by atoms with Crippen LogP contribution in [0.15, 0.2) is 18.2 Å². The number of carbonyl (C=O) groups excluding carboxylic acids is 1. The Labute approximate surface area is 126 Å². The van der Waals surface area contributed by atoms with E-state index < -0.39 is 5.82 Å². The lowest BCUT2D eigenvalue weighted by atomic mass is 9.99. The van der Waals surface area contributed by atoms with Crippen molar-refractivity contribution >= 4 is 5.91 Å². The van der Waals surface area contributed by atoms with E-state index in [4.69, 9.17) is 0 Å². The van der Waals surface area contributed by atoms with Crippen LogP contribution in [0, 0.1) is 18.7 Å². The zero-order valence-corrected chi connectivity index (χ0v) is 13.0. The van der Waals surface area contributed by atoms with Gasteiger partial charge in [0.05, 0.1) is 5.56 Å². The Morgan fingerprint density at radius 3 is 2.76 bits per heavy atom. The molecule has 2 rings (SSSR count). The highest BCUT2D eigenvalue weighted by molar-refractivity contribution is 5.94. The Morgan fingerprint density at radius 2 is 2.10 bits per heavy atom. The Hall–Kier alpha value is -1.42. The fourth-order valence-electron chi connectivity index (χ4n) is 2.69. The normalized spacial score (nSPS) is 16.9. The van der Waals surface area contributed by atoms with E-state index in [0.29, 0.717) is 6.54 Å². The number of halogens is 1. The molecule has 0 unspecified atom stereocenters. The Bertz CT molecular complexity index is 482. The van der Waals surface area contributed by atoms with Gasteiger partial charge >= 0.3 is 0 Å². The van der Waals surface area contributed by atoms with Crippen molar-refractivity contribution in [1.82, 2.24) is 10.2 Å². The van der Waals surface area contributed by atoms with Crippen LogP contribution in [0.1, 0.15) is 42.1 Å². The van der Waals surface area contributed by atoms with Gasteiger partial charge in [-0.05, 0) is 69.4 Å². The summed E-state index contributed by atoms with van der Waals surface area (Å²) in [6.07, 6.45) is 3.44. The van der Waals surface area contributed by atoms with Gasteiger partial charge in [-0.2, -0.15) is 0 Å². The number of hydrogen-bond donors (Lipinski definition) is 1. The summed E-state index contributed by atoms with van der Waals surface area (Å²) < 4.78 is 13.7. The zero-order valence-electron chi connectivity index (χ0n) is 13.0. The second kappa shape index (κ2) is 7.55. The fourth-order valence-corrected chi connectivity index (χ4v) is 2.69. The average Bonchev–Trinajstić information content (AvgIpc) is 2.45. The van der Waals surface area contributed by atoms with Gasteiger partial charge in [0, 0.05) is 6.54 Å². The molecular formula is C17H25FN2O. The number of rotatable bonds is 5. The van der Waals surface area contributed by atoms with Crippen LogP contribution in [0.2, 0.25) is 0 Å². The first-order chi connectivity index (χ1) is 10.1.